The first-order valence-electron chi connectivity index (χ1n) is 8.14. The Hall–Kier alpha value is -2.44. The number of benzene rings is 1. The second-order valence-electron chi connectivity index (χ2n) is 5.83. The van der Waals surface area contributed by atoms with Gasteiger partial charge in [-0.25, -0.2) is 4.98 Å². The quantitative estimate of drug-likeness (QED) is 0.651. The standard InChI is InChI=1S/C19H20N2O3S/c22-12-15(9-16-7-4-8-24-16)11-20-19(23)17-13-25-18(21-17)10-14-5-2-1-3-6-14/h1-8,13,15,22H,9-12H2,(H,20,23)/t15-/m0/s1. The number of carbonyl (C=O) groups excluding carboxylic acids is 1. The normalized spacial score (nSPS) is 12.0. The Labute approximate surface area is 150 Å². The van der Waals surface area contributed by atoms with E-state index in [0.29, 0.717) is 18.7 Å². The molecule has 3 rings (SSSR count). The van der Waals surface area contributed by atoms with Crippen LogP contribution >= 0.6 is 11.3 Å². The van der Waals surface area contributed by atoms with Crippen molar-refractivity contribution >= 4 is 17.2 Å². The monoisotopic (exact) mass is 356 g/mol. The molecule has 5 nitrogen and oxygen atoms in total. The number of nitrogens with one attached hydrogen (secondary N) is 1. The molecular weight excluding hydrogens is 336 g/mol. The number of amides is 1. The van der Waals surface area contributed by atoms with Gasteiger partial charge in [0.25, 0.3) is 5.91 Å². The van der Waals surface area contributed by atoms with E-state index in [4.69, 9.17) is 4.42 Å². The third-order valence-corrected chi connectivity index (χ3v) is 4.71. The van der Waals surface area contributed by atoms with Crippen LogP contribution in [0.4, 0.5) is 0 Å². The largest absolute Gasteiger partial charge is 0.469 e. The van der Waals surface area contributed by atoms with Crippen molar-refractivity contribution in [1.29, 1.82) is 0 Å². The van der Waals surface area contributed by atoms with Crippen LogP contribution in [0.25, 0.3) is 0 Å². The highest BCUT2D eigenvalue weighted by Gasteiger charge is 2.15. The molecule has 2 aromatic heterocycles. The average molecular weight is 356 g/mol. The van der Waals surface area contributed by atoms with Crippen LogP contribution in [0.5, 0.6) is 0 Å². The van der Waals surface area contributed by atoms with Gasteiger partial charge in [0, 0.05) is 37.3 Å². The molecule has 0 unspecified atom stereocenters. The van der Waals surface area contributed by atoms with Crippen LogP contribution in [0.3, 0.4) is 0 Å². The molecular formula is C19H20N2O3S. The zero-order valence-corrected chi connectivity index (χ0v) is 14.5. The third kappa shape index (κ3) is 5.01. The number of hydrogen-bond acceptors (Lipinski definition) is 5. The van der Waals surface area contributed by atoms with E-state index in [0.717, 1.165) is 17.2 Å². The molecule has 0 aliphatic carbocycles. The van der Waals surface area contributed by atoms with Crippen molar-refractivity contribution in [2.75, 3.05) is 13.2 Å². The van der Waals surface area contributed by atoms with Gasteiger partial charge in [-0.1, -0.05) is 30.3 Å². The molecule has 2 N–H and O–H groups in total. The molecule has 130 valence electrons. The van der Waals surface area contributed by atoms with E-state index in [1.165, 1.54) is 16.9 Å². The van der Waals surface area contributed by atoms with Crippen molar-refractivity contribution in [2.45, 2.75) is 12.8 Å². The summed E-state index contributed by atoms with van der Waals surface area (Å²) in [6.07, 6.45) is 2.91. The van der Waals surface area contributed by atoms with Gasteiger partial charge in [0.2, 0.25) is 0 Å². The van der Waals surface area contributed by atoms with Gasteiger partial charge < -0.3 is 14.8 Å². The summed E-state index contributed by atoms with van der Waals surface area (Å²) in [7, 11) is 0. The highest BCUT2D eigenvalue weighted by Crippen LogP contribution is 2.15. The molecule has 0 bridgehead atoms. The molecule has 0 aliphatic heterocycles. The number of aliphatic hydroxyl groups excluding tert-OH is 1. The van der Waals surface area contributed by atoms with E-state index >= 15 is 0 Å². The van der Waals surface area contributed by atoms with Gasteiger partial charge in [0.05, 0.1) is 11.3 Å². The Balaban J connectivity index is 1.52. The van der Waals surface area contributed by atoms with Gasteiger partial charge in [-0.05, 0) is 17.7 Å². The minimum absolute atomic E-state index is 0.0166. The number of thiazole rings is 1. The molecule has 0 saturated heterocycles. The lowest BCUT2D eigenvalue weighted by Crippen LogP contribution is -2.32. The Morgan fingerprint density at radius 3 is 2.80 bits per heavy atom. The van der Waals surface area contributed by atoms with Crippen molar-refractivity contribution in [3.63, 3.8) is 0 Å². The molecule has 0 aliphatic rings. The van der Waals surface area contributed by atoms with Crippen LogP contribution in [0, 0.1) is 5.92 Å². The van der Waals surface area contributed by atoms with Gasteiger partial charge >= 0.3 is 0 Å². The Morgan fingerprint density at radius 1 is 1.24 bits per heavy atom. The minimum Gasteiger partial charge on any atom is -0.469 e. The molecule has 25 heavy (non-hydrogen) atoms. The first kappa shape index (κ1) is 17.4. The summed E-state index contributed by atoms with van der Waals surface area (Å²) in [5.74, 6) is 0.498. The SMILES string of the molecule is O=C(NC[C@@H](CO)Cc1ccco1)c1csc(Cc2ccccc2)n1. The summed E-state index contributed by atoms with van der Waals surface area (Å²) in [5, 5.41) is 15.0. The maximum atomic E-state index is 12.3. The predicted molar refractivity (Wildman–Crippen MR) is 96.7 cm³/mol. The van der Waals surface area contributed by atoms with Crippen molar-refractivity contribution in [2.24, 2.45) is 5.92 Å². The van der Waals surface area contributed by atoms with Crippen LogP contribution in [-0.4, -0.2) is 29.1 Å². The summed E-state index contributed by atoms with van der Waals surface area (Å²) in [6.45, 7) is 0.360. The lowest BCUT2D eigenvalue weighted by atomic mass is 10.1. The first-order valence-corrected chi connectivity index (χ1v) is 9.02. The first-order chi connectivity index (χ1) is 12.2. The van der Waals surface area contributed by atoms with Crippen LogP contribution < -0.4 is 5.32 Å². The zero-order chi connectivity index (χ0) is 17.5. The second-order valence-corrected chi connectivity index (χ2v) is 6.77. The van der Waals surface area contributed by atoms with Crippen LogP contribution in [-0.2, 0) is 12.8 Å². The molecule has 1 amide bonds. The fourth-order valence-electron chi connectivity index (χ4n) is 2.51. The number of aromatic nitrogens is 1. The Morgan fingerprint density at radius 2 is 2.08 bits per heavy atom. The summed E-state index contributed by atoms with van der Waals surface area (Å²) in [5.41, 5.74) is 1.59. The Bertz CT molecular complexity index is 784. The maximum absolute atomic E-state index is 12.3. The van der Waals surface area contributed by atoms with Crippen molar-refractivity contribution in [3.05, 3.63) is 76.1 Å². The highest BCUT2D eigenvalue weighted by molar-refractivity contribution is 7.09. The zero-order valence-electron chi connectivity index (χ0n) is 13.7. The molecule has 1 aromatic carbocycles. The number of hydrogen-bond donors (Lipinski definition) is 2. The summed E-state index contributed by atoms with van der Waals surface area (Å²) in [4.78, 5) is 16.7. The Kier molecular flexibility index (Phi) is 5.98. The molecule has 1 atom stereocenters. The van der Waals surface area contributed by atoms with Crippen molar-refractivity contribution in [3.8, 4) is 0 Å². The molecule has 6 heteroatoms. The lowest BCUT2D eigenvalue weighted by Gasteiger charge is -2.13. The van der Waals surface area contributed by atoms with Gasteiger partial charge in [-0.3, -0.25) is 4.79 Å². The summed E-state index contributed by atoms with van der Waals surface area (Å²) < 4.78 is 5.28. The van der Waals surface area contributed by atoms with Crippen molar-refractivity contribution < 1.29 is 14.3 Å². The van der Waals surface area contributed by atoms with E-state index in [1.54, 1.807) is 11.6 Å². The van der Waals surface area contributed by atoms with E-state index in [2.05, 4.69) is 10.3 Å². The highest BCUT2D eigenvalue weighted by atomic mass is 32.1. The maximum Gasteiger partial charge on any atom is 0.270 e. The van der Waals surface area contributed by atoms with Crippen LogP contribution in [0.2, 0.25) is 0 Å². The van der Waals surface area contributed by atoms with Gasteiger partial charge in [0.1, 0.15) is 11.5 Å². The topological polar surface area (TPSA) is 75.4 Å². The van der Waals surface area contributed by atoms with Gasteiger partial charge in [0.15, 0.2) is 0 Å². The number of aliphatic hydroxyl groups is 1. The minimum atomic E-state index is -0.214. The van der Waals surface area contributed by atoms with Crippen LogP contribution in [0.15, 0.2) is 58.5 Å². The van der Waals surface area contributed by atoms with E-state index < -0.39 is 0 Å². The number of rotatable bonds is 8. The smallest absolute Gasteiger partial charge is 0.270 e. The summed E-state index contributed by atoms with van der Waals surface area (Å²) >= 11 is 1.48. The number of carbonyl (C=O) groups is 1. The van der Waals surface area contributed by atoms with E-state index in [-0.39, 0.29) is 18.4 Å². The molecule has 3 aromatic rings. The van der Waals surface area contributed by atoms with Gasteiger partial charge in [-0.15, -0.1) is 11.3 Å². The van der Waals surface area contributed by atoms with E-state index in [1.807, 2.05) is 42.5 Å². The average Bonchev–Trinajstić information content (AvgIpc) is 3.31. The molecule has 0 saturated carbocycles. The predicted octanol–water partition coefficient (Wildman–Crippen LogP) is 2.91. The van der Waals surface area contributed by atoms with Crippen LogP contribution in [0.1, 0.15) is 26.8 Å². The molecule has 2 heterocycles. The summed E-state index contributed by atoms with van der Waals surface area (Å²) in [6, 6.07) is 13.7. The number of furan rings is 1. The molecule has 0 fully saturated rings. The second kappa shape index (κ2) is 8.60. The van der Waals surface area contributed by atoms with Gasteiger partial charge in [-0.2, -0.15) is 0 Å². The number of nitrogens with zero attached hydrogens (tertiary/aromatic N) is 1. The fourth-order valence-corrected chi connectivity index (χ4v) is 3.32. The van der Waals surface area contributed by atoms with Crippen molar-refractivity contribution in [1.82, 2.24) is 10.3 Å². The van der Waals surface area contributed by atoms with E-state index in [9.17, 15) is 9.90 Å². The molecule has 0 radical (unpaired) electrons. The third-order valence-electron chi connectivity index (χ3n) is 3.86. The fraction of sp³-hybridized carbons (Fsp3) is 0.263. The molecule has 0 spiro atoms. The lowest BCUT2D eigenvalue weighted by molar-refractivity contribution is 0.0934.